The van der Waals surface area contributed by atoms with E-state index in [1.807, 2.05) is 80.6 Å². The summed E-state index contributed by atoms with van der Waals surface area (Å²) in [6.45, 7) is 12.3. The Balaban J connectivity index is 1.41. The molecule has 3 aromatic carbocycles. The molecule has 0 aliphatic carbocycles. The van der Waals surface area contributed by atoms with Crippen LogP contribution in [0.25, 0.3) is 10.8 Å². The van der Waals surface area contributed by atoms with E-state index in [0.29, 0.717) is 43.0 Å². The first kappa shape index (κ1) is 32.5. The van der Waals surface area contributed by atoms with Crippen molar-refractivity contribution in [3.63, 3.8) is 0 Å². The third-order valence-electron chi connectivity index (χ3n) is 10.2. The van der Waals surface area contributed by atoms with Crippen LogP contribution < -0.4 is 14.5 Å². The van der Waals surface area contributed by atoms with Gasteiger partial charge in [0.05, 0.1) is 30.7 Å². The number of benzene rings is 3. The number of aliphatic hydroxyl groups is 1. The second-order valence-electron chi connectivity index (χ2n) is 12.5. The molecule has 0 aromatic heterocycles. The molecule has 2 bridgehead atoms. The molecule has 2 unspecified atom stereocenters. The van der Waals surface area contributed by atoms with E-state index in [4.69, 9.17) is 9.47 Å². The van der Waals surface area contributed by atoms with Crippen LogP contribution in [0.2, 0.25) is 0 Å². The summed E-state index contributed by atoms with van der Waals surface area (Å²) in [6.07, 6.45) is 4.80. The number of likely N-dealkylation sites (tertiary alicyclic amines) is 1. The summed E-state index contributed by atoms with van der Waals surface area (Å²) < 4.78 is 12.6. The molecule has 3 aliphatic rings. The summed E-state index contributed by atoms with van der Waals surface area (Å²) in [5.41, 5.74) is -0.824. The molecule has 3 aromatic rings. The SMILES string of the molecule is C=CCN(C(=O)C1N(CCO)C(=O)[C@@H]2[C@H](C(=O)N(CC=C)c3ccc(OCC)cc3)[C@]3(CC)CCC12O3)c1ccc2ccccc2c1. The zero-order valence-corrected chi connectivity index (χ0v) is 27.1. The van der Waals surface area contributed by atoms with Gasteiger partial charge >= 0.3 is 0 Å². The predicted octanol–water partition coefficient (Wildman–Crippen LogP) is 5.12. The van der Waals surface area contributed by atoms with Gasteiger partial charge in [-0.05, 0) is 73.4 Å². The van der Waals surface area contributed by atoms with Crippen molar-refractivity contribution < 1.29 is 29.0 Å². The second kappa shape index (κ2) is 13.0. The molecule has 1 N–H and O–H groups in total. The maximum atomic E-state index is 14.8. The number of fused-ring (bicyclic) bond motifs is 2. The Morgan fingerprint density at radius 2 is 1.62 bits per heavy atom. The smallest absolute Gasteiger partial charge is 0.253 e. The lowest BCUT2D eigenvalue weighted by atomic mass is 9.64. The van der Waals surface area contributed by atoms with Crippen molar-refractivity contribution in [1.82, 2.24) is 4.90 Å². The highest BCUT2D eigenvalue weighted by atomic mass is 16.5. The Bertz CT molecular complexity index is 1690. The highest BCUT2D eigenvalue weighted by molar-refractivity contribution is 6.07. The lowest BCUT2D eigenvalue weighted by molar-refractivity contribution is -0.146. The van der Waals surface area contributed by atoms with Crippen molar-refractivity contribution in [2.45, 2.75) is 50.4 Å². The summed E-state index contributed by atoms with van der Waals surface area (Å²) in [5.74, 6) is -1.93. The molecule has 3 amide bonds. The highest BCUT2D eigenvalue weighted by Crippen LogP contribution is 2.64. The lowest BCUT2D eigenvalue weighted by Crippen LogP contribution is -2.57. The number of aliphatic hydroxyl groups excluding tert-OH is 1. The number of amides is 3. The standard InChI is InChI=1S/C38H43N3O6/c1-5-21-39(28-15-17-30(18-16-28)46-8-4)34(43)31-32-35(44)41(23-24-42)33(38(32)20-19-37(31,7-3)47-38)36(45)40(22-6-2)29-14-13-26-11-9-10-12-27(26)25-29/h5-6,9-18,25,31-33,42H,1-2,7-8,19-24H2,3-4H3/t31-,32+,33?,37+,38?/m1/s1. The topological polar surface area (TPSA) is 99.6 Å². The predicted molar refractivity (Wildman–Crippen MR) is 182 cm³/mol. The maximum absolute atomic E-state index is 14.8. The van der Waals surface area contributed by atoms with E-state index in [9.17, 15) is 19.5 Å². The maximum Gasteiger partial charge on any atom is 0.253 e. The minimum absolute atomic E-state index is 0.0498. The molecule has 47 heavy (non-hydrogen) atoms. The Morgan fingerprint density at radius 3 is 2.26 bits per heavy atom. The summed E-state index contributed by atoms with van der Waals surface area (Å²) in [6, 6.07) is 20.0. The minimum atomic E-state index is -1.23. The molecule has 246 valence electrons. The van der Waals surface area contributed by atoms with Crippen LogP contribution >= 0.6 is 0 Å². The number of nitrogens with zero attached hydrogens (tertiary/aromatic N) is 3. The average molecular weight is 638 g/mol. The second-order valence-corrected chi connectivity index (χ2v) is 12.5. The minimum Gasteiger partial charge on any atom is -0.494 e. The van der Waals surface area contributed by atoms with E-state index in [0.717, 1.165) is 10.8 Å². The van der Waals surface area contributed by atoms with Crippen molar-refractivity contribution in [3.8, 4) is 5.75 Å². The number of hydrogen-bond acceptors (Lipinski definition) is 6. The van der Waals surface area contributed by atoms with Gasteiger partial charge in [-0.2, -0.15) is 0 Å². The number of rotatable bonds is 13. The summed E-state index contributed by atoms with van der Waals surface area (Å²) in [5, 5.41) is 12.1. The van der Waals surface area contributed by atoms with E-state index in [1.165, 1.54) is 4.90 Å². The van der Waals surface area contributed by atoms with Gasteiger partial charge in [0.2, 0.25) is 11.8 Å². The Hall–Kier alpha value is -4.47. The molecule has 9 heteroatoms. The van der Waals surface area contributed by atoms with Crippen molar-refractivity contribution in [2.75, 3.05) is 42.6 Å². The van der Waals surface area contributed by atoms with E-state index in [-0.39, 0.29) is 44.0 Å². The fraction of sp³-hybridized carbons (Fsp3) is 0.395. The van der Waals surface area contributed by atoms with Gasteiger partial charge in [-0.1, -0.05) is 49.4 Å². The Morgan fingerprint density at radius 1 is 0.957 bits per heavy atom. The normalized spacial score (nSPS) is 25.9. The van der Waals surface area contributed by atoms with Gasteiger partial charge in [-0.3, -0.25) is 14.4 Å². The van der Waals surface area contributed by atoms with Gasteiger partial charge in [0, 0.05) is 31.0 Å². The first-order chi connectivity index (χ1) is 22.8. The molecular formula is C38H43N3O6. The number of hydrogen-bond donors (Lipinski definition) is 1. The first-order valence-corrected chi connectivity index (χ1v) is 16.5. The van der Waals surface area contributed by atoms with Gasteiger partial charge < -0.3 is 29.3 Å². The molecule has 3 heterocycles. The lowest BCUT2D eigenvalue weighted by Gasteiger charge is -2.37. The van der Waals surface area contributed by atoms with Gasteiger partial charge in [0.1, 0.15) is 17.4 Å². The quantitative estimate of drug-likeness (QED) is 0.261. The van der Waals surface area contributed by atoms with Crippen LogP contribution in [-0.2, 0) is 19.1 Å². The van der Waals surface area contributed by atoms with Crippen LogP contribution in [0.5, 0.6) is 5.75 Å². The largest absolute Gasteiger partial charge is 0.494 e. The number of carbonyl (C=O) groups excluding carboxylic acids is 3. The molecule has 3 saturated heterocycles. The summed E-state index contributed by atoms with van der Waals surface area (Å²) in [4.78, 5) is 48.8. The van der Waals surface area contributed by atoms with E-state index in [2.05, 4.69) is 13.2 Å². The zero-order chi connectivity index (χ0) is 33.3. The molecular weight excluding hydrogens is 594 g/mol. The highest BCUT2D eigenvalue weighted by Gasteiger charge is 2.79. The van der Waals surface area contributed by atoms with Crippen LogP contribution in [0, 0.1) is 11.8 Å². The molecule has 9 nitrogen and oxygen atoms in total. The van der Waals surface area contributed by atoms with Gasteiger partial charge in [0.25, 0.3) is 5.91 Å². The molecule has 0 saturated carbocycles. The zero-order valence-electron chi connectivity index (χ0n) is 27.1. The van der Waals surface area contributed by atoms with Crippen molar-refractivity contribution >= 4 is 39.9 Å². The molecule has 6 rings (SSSR count). The van der Waals surface area contributed by atoms with E-state index >= 15 is 0 Å². The third kappa shape index (κ3) is 5.22. The number of ether oxygens (including phenoxy) is 2. The Kier molecular flexibility index (Phi) is 8.96. The molecule has 5 atom stereocenters. The molecule has 0 radical (unpaired) electrons. The molecule has 3 fully saturated rings. The van der Waals surface area contributed by atoms with Crippen molar-refractivity contribution in [2.24, 2.45) is 11.8 Å². The number of β-amino-alcohol motifs (C(OH)–C–C–N with tert-alkyl or cyclic N) is 1. The average Bonchev–Trinajstić information content (AvgIpc) is 3.69. The third-order valence-corrected chi connectivity index (χ3v) is 10.2. The fourth-order valence-electron chi connectivity index (χ4n) is 8.17. The molecule has 3 aliphatic heterocycles. The van der Waals surface area contributed by atoms with Crippen LogP contribution in [0.3, 0.4) is 0 Å². The van der Waals surface area contributed by atoms with Crippen LogP contribution in [-0.4, -0.2) is 77.8 Å². The monoisotopic (exact) mass is 637 g/mol. The fourth-order valence-corrected chi connectivity index (χ4v) is 8.17. The van der Waals surface area contributed by atoms with Crippen LogP contribution in [0.1, 0.15) is 33.1 Å². The first-order valence-electron chi connectivity index (χ1n) is 16.5. The van der Waals surface area contributed by atoms with Crippen LogP contribution in [0.15, 0.2) is 92.0 Å². The molecule has 1 spiro atoms. The Labute approximate surface area is 276 Å². The van der Waals surface area contributed by atoms with Crippen LogP contribution in [0.4, 0.5) is 11.4 Å². The van der Waals surface area contributed by atoms with Crippen molar-refractivity contribution in [3.05, 3.63) is 92.0 Å². The van der Waals surface area contributed by atoms with Gasteiger partial charge in [-0.25, -0.2) is 0 Å². The number of anilines is 2. The van der Waals surface area contributed by atoms with E-state index < -0.39 is 29.1 Å². The van der Waals surface area contributed by atoms with E-state index in [1.54, 1.807) is 22.0 Å². The van der Waals surface area contributed by atoms with Gasteiger partial charge in [-0.15, -0.1) is 13.2 Å². The summed E-state index contributed by atoms with van der Waals surface area (Å²) >= 11 is 0. The van der Waals surface area contributed by atoms with Gasteiger partial charge in [0.15, 0.2) is 0 Å². The number of carbonyl (C=O) groups is 3. The van der Waals surface area contributed by atoms with Crippen molar-refractivity contribution in [1.29, 1.82) is 0 Å². The summed E-state index contributed by atoms with van der Waals surface area (Å²) in [7, 11) is 0.